The third-order valence-corrected chi connectivity index (χ3v) is 3.18. The number of amides is 1. The highest BCUT2D eigenvalue weighted by atomic mass is 35.5. The predicted molar refractivity (Wildman–Crippen MR) is 75.2 cm³/mol. The van der Waals surface area contributed by atoms with Crippen molar-refractivity contribution in [3.05, 3.63) is 45.8 Å². The third kappa shape index (κ3) is 2.93. The molecule has 20 heavy (non-hydrogen) atoms. The van der Waals surface area contributed by atoms with Crippen molar-refractivity contribution in [3.8, 4) is 5.75 Å². The van der Waals surface area contributed by atoms with Crippen LogP contribution in [0.25, 0.3) is 0 Å². The summed E-state index contributed by atoms with van der Waals surface area (Å²) >= 11 is 5.95. The molecule has 0 fully saturated rings. The smallest absolute Gasteiger partial charge is 0.257 e. The zero-order valence-corrected chi connectivity index (χ0v) is 12.2. The fourth-order valence-corrected chi connectivity index (χ4v) is 2.15. The van der Waals surface area contributed by atoms with Crippen molar-refractivity contribution in [2.24, 2.45) is 0 Å². The van der Waals surface area contributed by atoms with Crippen LogP contribution in [-0.4, -0.2) is 18.2 Å². The van der Waals surface area contributed by atoms with Crippen molar-refractivity contribution in [3.63, 3.8) is 0 Å². The Morgan fingerprint density at radius 2 is 2.20 bits per heavy atom. The lowest BCUT2D eigenvalue weighted by molar-refractivity contribution is 0.0948. The molecular formula is C14H15ClN2O3. The van der Waals surface area contributed by atoms with E-state index in [1.165, 1.54) is 0 Å². The van der Waals surface area contributed by atoms with Crippen LogP contribution in [0.2, 0.25) is 5.02 Å². The second-order valence-electron chi connectivity index (χ2n) is 4.34. The molecular weight excluding hydrogens is 280 g/mol. The summed E-state index contributed by atoms with van der Waals surface area (Å²) in [6.45, 7) is 3.74. The third-order valence-electron chi connectivity index (χ3n) is 2.94. The minimum absolute atomic E-state index is 0.233. The number of ether oxygens (including phenoxy) is 1. The average molecular weight is 295 g/mol. The number of nitrogens with zero attached hydrogens (tertiary/aromatic N) is 1. The van der Waals surface area contributed by atoms with Gasteiger partial charge in [0.2, 0.25) is 0 Å². The highest BCUT2D eigenvalue weighted by Gasteiger charge is 2.17. The summed E-state index contributed by atoms with van der Waals surface area (Å²) in [5, 5.41) is 7.16. The molecule has 6 heteroatoms. The number of rotatable bonds is 4. The van der Waals surface area contributed by atoms with E-state index in [4.69, 9.17) is 20.9 Å². The Balaban J connectivity index is 2.13. The van der Waals surface area contributed by atoms with Crippen molar-refractivity contribution < 1.29 is 14.1 Å². The van der Waals surface area contributed by atoms with Gasteiger partial charge in [-0.2, -0.15) is 0 Å². The lowest BCUT2D eigenvalue weighted by atomic mass is 10.1. The summed E-state index contributed by atoms with van der Waals surface area (Å²) in [6.07, 6.45) is 0. The average Bonchev–Trinajstić information content (AvgIpc) is 2.76. The minimum atomic E-state index is -0.233. The molecule has 1 aromatic carbocycles. The highest BCUT2D eigenvalue weighted by Crippen LogP contribution is 2.22. The van der Waals surface area contributed by atoms with Crippen molar-refractivity contribution in [2.45, 2.75) is 20.4 Å². The van der Waals surface area contributed by atoms with Crippen LogP contribution in [0.3, 0.4) is 0 Å². The molecule has 1 aromatic heterocycles. The largest absolute Gasteiger partial charge is 0.496 e. The van der Waals surface area contributed by atoms with Gasteiger partial charge in [0.1, 0.15) is 17.1 Å². The van der Waals surface area contributed by atoms with Crippen LogP contribution in [-0.2, 0) is 6.54 Å². The summed E-state index contributed by atoms with van der Waals surface area (Å²) in [4.78, 5) is 12.1. The van der Waals surface area contributed by atoms with Crippen molar-refractivity contribution >= 4 is 17.5 Å². The molecule has 0 unspecified atom stereocenters. The first-order valence-corrected chi connectivity index (χ1v) is 6.44. The van der Waals surface area contributed by atoms with E-state index >= 15 is 0 Å². The van der Waals surface area contributed by atoms with E-state index < -0.39 is 0 Å². The maximum absolute atomic E-state index is 12.1. The number of hydrogen-bond acceptors (Lipinski definition) is 4. The molecule has 0 saturated heterocycles. The van der Waals surface area contributed by atoms with Crippen LogP contribution in [0.15, 0.2) is 22.7 Å². The summed E-state index contributed by atoms with van der Waals surface area (Å²) in [5.41, 5.74) is 1.84. The summed E-state index contributed by atoms with van der Waals surface area (Å²) in [5.74, 6) is 0.940. The Hall–Kier alpha value is -2.01. The van der Waals surface area contributed by atoms with Crippen molar-refractivity contribution in [1.82, 2.24) is 10.5 Å². The molecule has 2 rings (SSSR count). The normalized spacial score (nSPS) is 10.4. The Kier molecular flexibility index (Phi) is 4.29. The van der Waals surface area contributed by atoms with E-state index in [1.54, 1.807) is 39.2 Å². The van der Waals surface area contributed by atoms with E-state index in [9.17, 15) is 4.79 Å². The van der Waals surface area contributed by atoms with E-state index in [0.29, 0.717) is 34.3 Å². The maximum atomic E-state index is 12.1. The number of methoxy groups -OCH3 is 1. The molecule has 0 radical (unpaired) electrons. The summed E-state index contributed by atoms with van der Waals surface area (Å²) in [6, 6.07) is 5.26. The van der Waals surface area contributed by atoms with Gasteiger partial charge in [0.25, 0.3) is 5.91 Å². The number of aromatic nitrogens is 1. The molecule has 0 aliphatic carbocycles. The lowest BCUT2D eigenvalue weighted by Gasteiger charge is -2.10. The highest BCUT2D eigenvalue weighted by molar-refractivity contribution is 6.30. The van der Waals surface area contributed by atoms with Gasteiger partial charge < -0.3 is 14.6 Å². The fraction of sp³-hybridized carbons (Fsp3) is 0.286. The fourth-order valence-electron chi connectivity index (χ4n) is 1.96. The van der Waals surface area contributed by atoms with Crippen molar-refractivity contribution in [2.75, 3.05) is 7.11 Å². The Labute approximate surface area is 121 Å². The van der Waals surface area contributed by atoms with Crippen LogP contribution in [0, 0.1) is 13.8 Å². The van der Waals surface area contributed by atoms with Gasteiger partial charge in [0.15, 0.2) is 0 Å². The van der Waals surface area contributed by atoms with Gasteiger partial charge in [0.05, 0.1) is 12.8 Å². The second kappa shape index (κ2) is 5.96. The number of halogens is 1. The molecule has 1 heterocycles. The molecule has 1 amide bonds. The van der Waals surface area contributed by atoms with Crippen LogP contribution >= 0.6 is 11.6 Å². The molecule has 1 N–H and O–H groups in total. The minimum Gasteiger partial charge on any atom is -0.496 e. The monoisotopic (exact) mass is 294 g/mol. The van der Waals surface area contributed by atoms with E-state index in [-0.39, 0.29) is 5.91 Å². The zero-order chi connectivity index (χ0) is 14.7. The summed E-state index contributed by atoms with van der Waals surface area (Å²) in [7, 11) is 1.57. The summed E-state index contributed by atoms with van der Waals surface area (Å²) < 4.78 is 10.2. The first-order chi connectivity index (χ1) is 9.52. The van der Waals surface area contributed by atoms with Crippen LogP contribution in [0.5, 0.6) is 5.75 Å². The maximum Gasteiger partial charge on any atom is 0.257 e. The number of benzene rings is 1. The van der Waals surface area contributed by atoms with Crippen molar-refractivity contribution in [1.29, 1.82) is 0 Å². The number of hydrogen-bond donors (Lipinski definition) is 1. The predicted octanol–water partition coefficient (Wildman–Crippen LogP) is 2.88. The molecule has 0 aliphatic rings. The van der Waals surface area contributed by atoms with Gasteiger partial charge >= 0.3 is 0 Å². The first kappa shape index (κ1) is 14.4. The second-order valence-corrected chi connectivity index (χ2v) is 4.77. The number of carbonyl (C=O) groups is 1. The Bertz CT molecular complexity index is 618. The molecule has 106 valence electrons. The van der Waals surface area contributed by atoms with Gasteiger partial charge in [-0.3, -0.25) is 4.79 Å². The van der Waals surface area contributed by atoms with E-state index in [1.807, 2.05) is 0 Å². The van der Waals surface area contributed by atoms with Crippen LogP contribution in [0.4, 0.5) is 0 Å². The zero-order valence-electron chi connectivity index (χ0n) is 11.5. The number of nitrogens with one attached hydrogen (secondary N) is 1. The molecule has 0 saturated carbocycles. The quantitative estimate of drug-likeness (QED) is 0.941. The van der Waals surface area contributed by atoms with E-state index in [0.717, 1.165) is 5.56 Å². The molecule has 0 bridgehead atoms. The topological polar surface area (TPSA) is 64.4 Å². The molecule has 2 aromatic rings. The van der Waals surface area contributed by atoms with Gasteiger partial charge in [-0.25, -0.2) is 0 Å². The SMILES string of the molecule is COc1ccc(Cl)cc1CNC(=O)c1c(C)noc1C. The van der Waals surface area contributed by atoms with Gasteiger partial charge in [-0.05, 0) is 32.0 Å². The van der Waals surface area contributed by atoms with Gasteiger partial charge in [0, 0.05) is 17.1 Å². The van der Waals surface area contributed by atoms with E-state index in [2.05, 4.69) is 10.5 Å². The standard InChI is InChI=1S/C14H15ClN2O3/c1-8-13(9(2)20-17-8)14(18)16-7-10-6-11(15)4-5-12(10)19-3/h4-6H,7H2,1-3H3,(H,16,18). The Morgan fingerprint density at radius 1 is 1.45 bits per heavy atom. The lowest BCUT2D eigenvalue weighted by Crippen LogP contribution is -2.24. The van der Waals surface area contributed by atoms with Gasteiger partial charge in [-0.15, -0.1) is 0 Å². The molecule has 0 spiro atoms. The van der Waals surface area contributed by atoms with Crippen LogP contribution in [0.1, 0.15) is 27.4 Å². The molecule has 0 aliphatic heterocycles. The van der Waals surface area contributed by atoms with Crippen LogP contribution < -0.4 is 10.1 Å². The molecule has 5 nitrogen and oxygen atoms in total. The number of carbonyl (C=O) groups excluding carboxylic acids is 1. The van der Waals surface area contributed by atoms with Gasteiger partial charge in [-0.1, -0.05) is 16.8 Å². The number of aryl methyl sites for hydroxylation is 2. The molecule has 0 atom stereocenters. The first-order valence-electron chi connectivity index (χ1n) is 6.06. The Morgan fingerprint density at radius 3 is 2.80 bits per heavy atom.